The number of ketones is 1. The maximum absolute atomic E-state index is 11.5. The maximum atomic E-state index is 11.5. The second-order valence-electron chi connectivity index (χ2n) is 2.93. The maximum Gasteiger partial charge on any atom is 0.275 e. The first-order valence-electron chi connectivity index (χ1n) is 4.22. The zero-order valence-corrected chi connectivity index (χ0v) is 9.98. The van der Waals surface area contributed by atoms with Gasteiger partial charge >= 0.3 is 0 Å². The SMILES string of the molecule is COc1cc([N+](=O)[O-])cc(N)c1C(=O)CBr. The minimum absolute atomic E-state index is 0.0375. The summed E-state index contributed by atoms with van der Waals surface area (Å²) in [5.74, 6) is -0.180. The lowest BCUT2D eigenvalue weighted by molar-refractivity contribution is -0.384. The van der Waals surface area contributed by atoms with Gasteiger partial charge in [0.1, 0.15) is 5.75 Å². The van der Waals surface area contributed by atoms with Crippen LogP contribution < -0.4 is 10.5 Å². The number of carbonyl (C=O) groups excluding carboxylic acids is 1. The number of non-ortho nitro benzene ring substituents is 1. The summed E-state index contributed by atoms with van der Waals surface area (Å²) >= 11 is 3.00. The van der Waals surface area contributed by atoms with E-state index in [0.717, 1.165) is 6.07 Å². The van der Waals surface area contributed by atoms with Gasteiger partial charge in [0, 0.05) is 6.07 Å². The number of nitro groups is 1. The second kappa shape index (κ2) is 4.93. The van der Waals surface area contributed by atoms with Crippen molar-refractivity contribution < 1.29 is 14.5 Å². The van der Waals surface area contributed by atoms with Gasteiger partial charge in [0.2, 0.25) is 0 Å². The van der Waals surface area contributed by atoms with E-state index in [-0.39, 0.29) is 33.8 Å². The normalized spacial score (nSPS) is 9.88. The van der Waals surface area contributed by atoms with Crippen molar-refractivity contribution in [1.82, 2.24) is 0 Å². The molecule has 0 aliphatic heterocycles. The van der Waals surface area contributed by atoms with Crippen LogP contribution in [0.2, 0.25) is 0 Å². The van der Waals surface area contributed by atoms with Gasteiger partial charge in [0.05, 0.1) is 34.7 Å². The van der Waals surface area contributed by atoms with Gasteiger partial charge in [-0.05, 0) is 0 Å². The van der Waals surface area contributed by atoms with Gasteiger partial charge in [0.25, 0.3) is 5.69 Å². The van der Waals surface area contributed by atoms with E-state index in [1.165, 1.54) is 13.2 Å². The lowest BCUT2D eigenvalue weighted by Crippen LogP contribution is -2.08. The van der Waals surface area contributed by atoms with Crippen LogP contribution in [0, 0.1) is 10.1 Å². The Hall–Kier alpha value is -1.63. The minimum Gasteiger partial charge on any atom is -0.496 e. The summed E-state index contributed by atoms with van der Waals surface area (Å²) < 4.78 is 4.91. The van der Waals surface area contributed by atoms with Crippen LogP contribution in [-0.4, -0.2) is 23.1 Å². The molecule has 1 aromatic carbocycles. The number of anilines is 1. The van der Waals surface area contributed by atoms with Crippen molar-refractivity contribution in [2.24, 2.45) is 0 Å². The third-order valence-corrected chi connectivity index (χ3v) is 2.46. The standard InChI is InChI=1S/C9H9BrN2O4/c1-16-8-3-5(12(14)15)2-6(11)9(8)7(13)4-10/h2-3H,4,11H2,1H3. The molecule has 1 rings (SSSR count). The molecule has 0 aliphatic carbocycles. The van der Waals surface area contributed by atoms with Crippen molar-refractivity contribution in [2.75, 3.05) is 18.2 Å². The van der Waals surface area contributed by atoms with Crippen LogP contribution in [0.5, 0.6) is 5.75 Å². The molecule has 16 heavy (non-hydrogen) atoms. The fraction of sp³-hybridized carbons (Fsp3) is 0.222. The van der Waals surface area contributed by atoms with Gasteiger partial charge in [0.15, 0.2) is 5.78 Å². The topological polar surface area (TPSA) is 95.5 Å². The molecular formula is C9H9BrN2O4. The largest absolute Gasteiger partial charge is 0.496 e. The first kappa shape index (κ1) is 12.4. The van der Waals surface area contributed by atoms with Crippen molar-refractivity contribution in [2.45, 2.75) is 0 Å². The van der Waals surface area contributed by atoms with Crippen molar-refractivity contribution in [1.29, 1.82) is 0 Å². The highest BCUT2D eigenvalue weighted by atomic mass is 79.9. The zero-order valence-electron chi connectivity index (χ0n) is 8.40. The Morgan fingerprint density at radius 2 is 2.25 bits per heavy atom. The number of benzene rings is 1. The van der Waals surface area contributed by atoms with Gasteiger partial charge in [-0.2, -0.15) is 0 Å². The summed E-state index contributed by atoms with van der Waals surface area (Å²) in [6, 6.07) is 2.31. The molecule has 0 atom stereocenters. The van der Waals surface area contributed by atoms with E-state index >= 15 is 0 Å². The predicted molar refractivity (Wildman–Crippen MR) is 62.2 cm³/mol. The van der Waals surface area contributed by atoms with E-state index in [2.05, 4.69) is 15.9 Å². The van der Waals surface area contributed by atoms with Crippen molar-refractivity contribution in [3.8, 4) is 5.75 Å². The fourth-order valence-corrected chi connectivity index (χ4v) is 1.53. The van der Waals surface area contributed by atoms with E-state index in [1.54, 1.807) is 0 Å². The number of hydrogen-bond acceptors (Lipinski definition) is 5. The fourth-order valence-electron chi connectivity index (χ4n) is 1.25. The molecule has 0 aliphatic rings. The van der Waals surface area contributed by atoms with Gasteiger partial charge in [-0.1, -0.05) is 15.9 Å². The van der Waals surface area contributed by atoms with Crippen LogP contribution in [0.1, 0.15) is 10.4 Å². The van der Waals surface area contributed by atoms with Crippen LogP contribution in [0.3, 0.4) is 0 Å². The van der Waals surface area contributed by atoms with Crippen molar-refractivity contribution >= 4 is 33.1 Å². The third-order valence-electron chi connectivity index (χ3n) is 1.95. The molecular weight excluding hydrogens is 280 g/mol. The Morgan fingerprint density at radius 1 is 1.62 bits per heavy atom. The molecule has 0 spiro atoms. The summed E-state index contributed by atoms with van der Waals surface area (Å²) in [6.07, 6.45) is 0. The molecule has 0 saturated carbocycles. The number of nitrogens with two attached hydrogens (primary N) is 1. The van der Waals surface area contributed by atoms with Crippen molar-refractivity contribution in [3.63, 3.8) is 0 Å². The quantitative estimate of drug-likeness (QED) is 0.299. The molecule has 6 nitrogen and oxygen atoms in total. The molecule has 86 valence electrons. The highest BCUT2D eigenvalue weighted by molar-refractivity contribution is 9.09. The molecule has 7 heteroatoms. The molecule has 0 aromatic heterocycles. The molecule has 0 bridgehead atoms. The Kier molecular flexibility index (Phi) is 3.83. The molecule has 0 saturated heterocycles. The molecule has 0 radical (unpaired) electrons. The van der Waals surface area contributed by atoms with Crippen LogP contribution in [-0.2, 0) is 0 Å². The number of rotatable bonds is 4. The lowest BCUT2D eigenvalue weighted by atomic mass is 10.1. The van der Waals surface area contributed by atoms with Gasteiger partial charge < -0.3 is 10.5 Å². The van der Waals surface area contributed by atoms with Crippen LogP contribution in [0.15, 0.2) is 12.1 Å². The number of Topliss-reactive ketones (excluding diaryl/α,β-unsaturated/α-hetero) is 1. The van der Waals surface area contributed by atoms with Crippen LogP contribution >= 0.6 is 15.9 Å². The second-order valence-corrected chi connectivity index (χ2v) is 3.49. The van der Waals surface area contributed by atoms with E-state index in [4.69, 9.17) is 10.5 Å². The molecule has 0 fully saturated rings. The highest BCUT2D eigenvalue weighted by Crippen LogP contribution is 2.31. The summed E-state index contributed by atoms with van der Waals surface area (Å²) in [6.45, 7) is 0. The van der Waals surface area contributed by atoms with Crippen LogP contribution in [0.4, 0.5) is 11.4 Å². The number of nitrogens with zero attached hydrogens (tertiary/aromatic N) is 1. The smallest absolute Gasteiger partial charge is 0.275 e. The number of nitrogen functional groups attached to an aromatic ring is 1. The van der Waals surface area contributed by atoms with E-state index in [0.29, 0.717) is 0 Å². The molecule has 2 N–H and O–H groups in total. The number of nitro benzene ring substituents is 1. The Morgan fingerprint density at radius 3 is 2.69 bits per heavy atom. The average Bonchev–Trinajstić information content (AvgIpc) is 2.26. The molecule has 0 heterocycles. The molecule has 0 amide bonds. The van der Waals surface area contributed by atoms with E-state index in [9.17, 15) is 14.9 Å². The molecule has 1 aromatic rings. The summed E-state index contributed by atoms with van der Waals surface area (Å²) in [5.41, 5.74) is 5.57. The minimum atomic E-state index is -0.596. The first-order chi connectivity index (χ1) is 7.51. The number of methoxy groups -OCH3 is 1. The third kappa shape index (κ3) is 2.30. The van der Waals surface area contributed by atoms with Gasteiger partial charge in [-0.3, -0.25) is 14.9 Å². The Bertz CT molecular complexity index is 447. The van der Waals surface area contributed by atoms with E-state index in [1.807, 2.05) is 0 Å². The van der Waals surface area contributed by atoms with Crippen LogP contribution in [0.25, 0.3) is 0 Å². The summed E-state index contributed by atoms with van der Waals surface area (Å²) in [4.78, 5) is 21.5. The number of carbonyl (C=O) groups is 1. The van der Waals surface area contributed by atoms with E-state index < -0.39 is 4.92 Å². The zero-order chi connectivity index (χ0) is 12.3. The number of hydrogen-bond donors (Lipinski definition) is 1. The van der Waals surface area contributed by atoms with Gasteiger partial charge in [-0.25, -0.2) is 0 Å². The first-order valence-corrected chi connectivity index (χ1v) is 5.34. The lowest BCUT2D eigenvalue weighted by Gasteiger charge is -2.08. The highest BCUT2D eigenvalue weighted by Gasteiger charge is 2.20. The molecule has 0 unspecified atom stereocenters. The number of halogens is 1. The Labute approximate surface area is 99.7 Å². The Balaban J connectivity index is 3.40. The summed E-state index contributed by atoms with van der Waals surface area (Å²) in [5, 5.41) is 10.6. The summed E-state index contributed by atoms with van der Waals surface area (Å²) in [7, 11) is 1.32. The average molecular weight is 289 g/mol. The van der Waals surface area contributed by atoms with Crippen molar-refractivity contribution in [3.05, 3.63) is 27.8 Å². The van der Waals surface area contributed by atoms with Gasteiger partial charge in [-0.15, -0.1) is 0 Å². The number of alkyl halides is 1. The monoisotopic (exact) mass is 288 g/mol. The predicted octanol–water partition coefficient (Wildman–Crippen LogP) is 1.76. The number of ether oxygens (including phenoxy) is 1.